The minimum Gasteiger partial charge on any atom is -0.497 e. The van der Waals surface area contributed by atoms with E-state index in [-0.39, 0.29) is 0 Å². The molecular formula is C20H24N4O3. The second kappa shape index (κ2) is 9.16. The fraction of sp³-hybridized carbons (Fsp3) is 0.300. The summed E-state index contributed by atoms with van der Waals surface area (Å²) in [6.07, 6.45) is 5.59. The molecule has 0 saturated carbocycles. The third kappa shape index (κ3) is 5.54. The molecule has 27 heavy (non-hydrogen) atoms. The highest BCUT2D eigenvalue weighted by molar-refractivity contribution is 5.90. The molecule has 1 amide bonds. The average Bonchev–Trinajstić information content (AvgIpc) is 3.14. The number of carbonyl (C=O) groups excluding carboxylic acids is 1. The number of ether oxygens (including phenoxy) is 1. The molecule has 3 rings (SSSR count). The minimum absolute atomic E-state index is 0.359. The second-order valence-corrected chi connectivity index (χ2v) is 6.50. The lowest BCUT2D eigenvalue weighted by Gasteiger charge is -2.17. The number of carbonyl (C=O) groups is 1. The van der Waals surface area contributed by atoms with Gasteiger partial charge in [0.15, 0.2) is 0 Å². The van der Waals surface area contributed by atoms with Crippen LogP contribution >= 0.6 is 0 Å². The number of rotatable bonds is 7. The first-order valence-corrected chi connectivity index (χ1v) is 8.86. The number of amides is 1. The van der Waals surface area contributed by atoms with Crippen LogP contribution in [-0.2, 0) is 11.3 Å². The molecule has 0 unspecified atom stereocenters. The van der Waals surface area contributed by atoms with Crippen molar-refractivity contribution in [3.05, 3.63) is 59.8 Å². The third-order valence-corrected chi connectivity index (χ3v) is 4.51. The zero-order valence-corrected chi connectivity index (χ0v) is 15.3. The number of nitrogens with one attached hydrogen (secondary N) is 2. The van der Waals surface area contributed by atoms with E-state index in [0.29, 0.717) is 6.04 Å². The normalized spacial score (nSPS) is 17.2. The number of methoxy groups -OCH3 is 1. The van der Waals surface area contributed by atoms with Crippen LogP contribution in [0.3, 0.4) is 0 Å². The fourth-order valence-electron chi connectivity index (χ4n) is 3.09. The number of likely N-dealkylation sites (tertiary alicyclic amines) is 1. The van der Waals surface area contributed by atoms with Gasteiger partial charge in [0.25, 0.3) is 5.91 Å². The Morgan fingerprint density at radius 3 is 2.81 bits per heavy atom. The van der Waals surface area contributed by atoms with Crippen molar-refractivity contribution in [3.63, 3.8) is 0 Å². The summed E-state index contributed by atoms with van der Waals surface area (Å²) < 4.78 is 5.20. The minimum atomic E-state index is -0.569. The summed E-state index contributed by atoms with van der Waals surface area (Å²) in [5, 5.41) is 11.9. The number of anilines is 1. The van der Waals surface area contributed by atoms with Gasteiger partial charge in [0.05, 0.1) is 7.11 Å². The van der Waals surface area contributed by atoms with Crippen LogP contribution in [0.2, 0.25) is 0 Å². The topological polar surface area (TPSA) is 86.7 Å². The second-order valence-electron chi connectivity index (χ2n) is 6.50. The van der Waals surface area contributed by atoms with Gasteiger partial charge in [-0.3, -0.25) is 14.9 Å². The van der Waals surface area contributed by atoms with Gasteiger partial charge in [-0.25, -0.2) is 10.5 Å². The first-order chi connectivity index (χ1) is 13.2. The van der Waals surface area contributed by atoms with Crippen molar-refractivity contribution in [2.24, 2.45) is 0 Å². The van der Waals surface area contributed by atoms with Crippen LogP contribution in [0.5, 0.6) is 5.75 Å². The highest BCUT2D eigenvalue weighted by Crippen LogP contribution is 2.19. The van der Waals surface area contributed by atoms with Crippen LogP contribution in [0.1, 0.15) is 17.5 Å². The lowest BCUT2D eigenvalue weighted by molar-refractivity contribution is -0.124. The summed E-state index contributed by atoms with van der Waals surface area (Å²) in [5.41, 5.74) is 3.62. The molecule has 1 fully saturated rings. The predicted molar refractivity (Wildman–Crippen MR) is 103 cm³/mol. The summed E-state index contributed by atoms with van der Waals surface area (Å²) in [6.45, 7) is 2.93. The van der Waals surface area contributed by atoms with Crippen molar-refractivity contribution in [2.45, 2.75) is 19.0 Å². The van der Waals surface area contributed by atoms with E-state index in [1.807, 2.05) is 24.3 Å². The van der Waals surface area contributed by atoms with Crippen LogP contribution in [0.25, 0.3) is 6.08 Å². The van der Waals surface area contributed by atoms with E-state index < -0.39 is 5.91 Å². The van der Waals surface area contributed by atoms with Crippen molar-refractivity contribution >= 4 is 17.8 Å². The van der Waals surface area contributed by atoms with Gasteiger partial charge in [-0.05, 0) is 47.9 Å². The van der Waals surface area contributed by atoms with E-state index in [0.717, 1.165) is 43.2 Å². The van der Waals surface area contributed by atoms with Crippen molar-refractivity contribution in [1.82, 2.24) is 15.4 Å². The van der Waals surface area contributed by atoms with Crippen molar-refractivity contribution in [1.29, 1.82) is 0 Å². The SMILES string of the molecule is COc1ccc(CN2CC[C@@H](Nc3ccc(/C=C/C(=O)NO)cn3)C2)cc1. The Kier molecular flexibility index (Phi) is 6.40. The molecule has 0 bridgehead atoms. The number of hydrogen-bond acceptors (Lipinski definition) is 6. The molecular weight excluding hydrogens is 344 g/mol. The van der Waals surface area contributed by atoms with Gasteiger partial charge >= 0.3 is 0 Å². The summed E-state index contributed by atoms with van der Waals surface area (Å²) >= 11 is 0. The Labute approximate surface area is 158 Å². The van der Waals surface area contributed by atoms with Gasteiger partial charge in [-0.1, -0.05) is 12.1 Å². The highest BCUT2D eigenvalue weighted by Gasteiger charge is 2.22. The van der Waals surface area contributed by atoms with Crippen molar-refractivity contribution in [2.75, 3.05) is 25.5 Å². The summed E-state index contributed by atoms with van der Waals surface area (Å²) in [5.74, 6) is 1.12. The van der Waals surface area contributed by atoms with E-state index in [4.69, 9.17) is 9.94 Å². The quantitative estimate of drug-likeness (QED) is 0.395. The van der Waals surface area contributed by atoms with Crippen molar-refractivity contribution in [3.8, 4) is 5.75 Å². The van der Waals surface area contributed by atoms with Gasteiger partial charge in [0.1, 0.15) is 11.6 Å². The number of hydrogen-bond donors (Lipinski definition) is 3. The molecule has 0 spiro atoms. The van der Waals surface area contributed by atoms with E-state index in [1.54, 1.807) is 24.9 Å². The molecule has 7 nitrogen and oxygen atoms in total. The van der Waals surface area contributed by atoms with Crippen LogP contribution in [0, 0.1) is 0 Å². The lowest BCUT2D eigenvalue weighted by Crippen LogP contribution is -2.26. The number of benzene rings is 1. The average molecular weight is 368 g/mol. The first kappa shape index (κ1) is 18.9. The van der Waals surface area contributed by atoms with Gasteiger partial charge in [-0.15, -0.1) is 0 Å². The van der Waals surface area contributed by atoms with E-state index in [2.05, 4.69) is 27.3 Å². The zero-order valence-electron chi connectivity index (χ0n) is 15.3. The highest BCUT2D eigenvalue weighted by atomic mass is 16.5. The standard InChI is InChI=1S/C20H24N4O3/c1-27-18-6-2-16(3-7-18)13-24-11-10-17(14-24)22-19-8-4-15(12-21-19)5-9-20(25)23-26/h2-9,12,17,26H,10-11,13-14H2,1H3,(H,21,22)(H,23,25)/b9-5+/t17-/m1/s1. The first-order valence-electron chi connectivity index (χ1n) is 8.86. The Bertz CT molecular complexity index is 775. The van der Waals surface area contributed by atoms with Gasteiger partial charge in [-0.2, -0.15) is 0 Å². The number of hydroxylamine groups is 1. The largest absolute Gasteiger partial charge is 0.497 e. The van der Waals surface area contributed by atoms with E-state index in [1.165, 1.54) is 11.6 Å². The Balaban J connectivity index is 1.49. The Morgan fingerprint density at radius 1 is 1.33 bits per heavy atom. The molecule has 2 heterocycles. The molecule has 0 aliphatic carbocycles. The molecule has 0 radical (unpaired) electrons. The van der Waals surface area contributed by atoms with Crippen LogP contribution < -0.4 is 15.5 Å². The summed E-state index contributed by atoms with van der Waals surface area (Å²) in [4.78, 5) is 17.8. The van der Waals surface area contributed by atoms with Gasteiger partial charge < -0.3 is 10.1 Å². The molecule has 1 aliphatic heterocycles. The molecule has 1 aromatic heterocycles. The number of pyridine rings is 1. The molecule has 7 heteroatoms. The maximum absolute atomic E-state index is 11.0. The zero-order chi connectivity index (χ0) is 19.1. The van der Waals surface area contributed by atoms with Crippen LogP contribution in [-0.4, -0.2) is 47.2 Å². The fourth-order valence-corrected chi connectivity index (χ4v) is 3.09. The molecule has 1 saturated heterocycles. The van der Waals surface area contributed by atoms with Crippen molar-refractivity contribution < 1.29 is 14.7 Å². The third-order valence-electron chi connectivity index (χ3n) is 4.51. The molecule has 1 aliphatic rings. The predicted octanol–water partition coefficient (Wildman–Crippen LogP) is 2.30. The lowest BCUT2D eigenvalue weighted by atomic mass is 10.2. The maximum Gasteiger partial charge on any atom is 0.267 e. The monoisotopic (exact) mass is 368 g/mol. The smallest absolute Gasteiger partial charge is 0.267 e. The molecule has 3 N–H and O–H groups in total. The molecule has 2 aromatic rings. The molecule has 1 atom stereocenters. The van der Waals surface area contributed by atoms with Crippen LogP contribution in [0.15, 0.2) is 48.7 Å². The Morgan fingerprint density at radius 2 is 2.15 bits per heavy atom. The van der Waals surface area contributed by atoms with Gasteiger partial charge in [0, 0.05) is 37.9 Å². The maximum atomic E-state index is 11.0. The number of nitrogens with zero attached hydrogens (tertiary/aromatic N) is 2. The summed E-state index contributed by atoms with van der Waals surface area (Å²) in [6, 6.07) is 12.3. The van der Waals surface area contributed by atoms with Gasteiger partial charge in [0.2, 0.25) is 0 Å². The number of aromatic nitrogens is 1. The van der Waals surface area contributed by atoms with E-state index >= 15 is 0 Å². The van der Waals surface area contributed by atoms with E-state index in [9.17, 15) is 4.79 Å². The molecule has 1 aromatic carbocycles. The van der Waals surface area contributed by atoms with Crippen LogP contribution in [0.4, 0.5) is 5.82 Å². The summed E-state index contributed by atoms with van der Waals surface area (Å²) in [7, 11) is 1.68. The Hall–Kier alpha value is -2.90. The molecule has 142 valence electrons.